The quantitative estimate of drug-likeness (QED) is 0.709. The van der Waals surface area contributed by atoms with Crippen molar-refractivity contribution in [2.75, 3.05) is 11.9 Å². The minimum absolute atomic E-state index is 0.118. The van der Waals surface area contributed by atoms with Crippen LogP contribution >= 0.6 is 0 Å². The number of hydrogen-bond acceptors (Lipinski definition) is 7. The second kappa shape index (κ2) is 6.70. The van der Waals surface area contributed by atoms with Gasteiger partial charge < -0.3 is 14.6 Å². The van der Waals surface area contributed by atoms with Gasteiger partial charge in [0.25, 0.3) is 5.71 Å². The minimum Gasteiger partial charge on any atom is -0.460 e. The Morgan fingerprint density at radius 3 is 2.54 bits per heavy atom. The average molecular weight is 358 g/mol. The maximum atomic E-state index is 13.2. The summed E-state index contributed by atoms with van der Waals surface area (Å²) in [6, 6.07) is 5.85. The monoisotopic (exact) mass is 358 g/mol. The fraction of sp³-hybridized carbons (Fsp3) is 0.333. The zero-order valence-corrected chi connectivity index (χ0v) is 15.0. The number of carbonyl (C=O) groups excluding carboxylic acids is 1. The Bertz CT molecular complexity index is 945. The van der Waals surface area contributed by atoms with Crippen molar-refractivity contribution in [2.24, 2.45) is 0 Å². The van der Waals surface area contributed by atoms with Gasteiger partial charge in [0.15, 0.2) is 0 Å². The number of nitrogens with one attached hydrogen (secondary N) is 1. The highest BCUT2D eigenvalue weighted by Crippen LogP contribution is 2.33. The van der Waals surface area contributed by atoms with Crippen LogP contribution in [-0.4, -0.2) is 33.2 Å². The highest BCUT2D eigenvalue weighted by atomic mass is 19.1. The molecule has 0 aliphatic heterocycles. The summed E-state index contributed by atoms with van der Waals surface area (Å²) < 4.78 is 23.5. The fourth-order valence-electron chi connectivity index (χ4n) is 2.39. The molecule has 1 N–H and O–H groups in total. The second-order valence-electron chi connectivity index (χ2n) is 6.71. The van der Waals surface area contributed by atoms with Gasteiger partial charge in [-0.25, -0.2) is 14.2 Å². The molecule has 0 bridgehead atoms. The van der Waals surface area contributed by atoms with Crippen molar-refractivity contribution in [1.29, 1.82) is 0 Å². The van der Waals surface area contributed by atoms with Crippen molar-refractivity contribution in [3.63, 3.8) is 0 Å². The van der Waals surface area contributed by atoms with E-state index in [0.29, 0.717) is 22.5 Å². The third kappa shape index (κ3) is 3.63. The number of nitrogens with zero attached hydrogens (tertiary/aromatic N) is 3. The van der Waals surface area contributed by atoms with E-state index >= 15 is 0 Å². The lowest BCUT2D eigenvalue weighted by Crippen LogP contribution is -2.27. The van der Waals surface area contributed by atoms with Crippen LogP contribution in [0.15, 0.2) is 28.8 Å². The number of halogens is 1. The van der Waals surface area contributed by atoms with Crippen LogP contribution in [0.2, 0.25) is 0 Å². The van der Waals surface area contributed by atoms with E-state index < -0.39 is 5.97 Å². The molecule has 0 saturated heterocycles. The number of anilines is 1. The molecule has 2 aromatic heterocycles. The van der Waals surface area contributed by atoms with Crippen LogP contribution in [0.4, 0.5) is 10.2 Å². The Kier molecular flexibility index (Phi) is 4.58. The van der Waals surface area contributed by atoms with Crippen molar-refractivity contribution in [1.82, 2.24) is 15.1 Å². The zero-order valence-electron chi connectivity index (χ0n) is 15.0. The van der Waals surface area contributed by atoms with Crippen LogP contribution in [0.25, 0.3) is 22.4 Å². The molecule has 2 heterocycles. The first-order valence-corrected chi connectivity index (χ1v) is 8.17. The van der Waals surface area contributed by atoms with E-state index in [1.54, 1.807) is 19.1 Å². The normalized spacial score (nSPS) is 11.6. The van der Waals surface area contributed by atoms with Gasteiger partial charge in [-0.15, -0.1) is 0 Å². The third-order valence-electron chi connectivity index (χ3n) is 3.41. The van der Waals surface area contributed by atoms with E-state index in [1.165, 1.54) is 12.1 Å². The van der Waals surface area contributed by atoms with E-state index in [-0.39, 0.29) is 29.5 Å². The molecule has 0 fully saturated rings. The molecule has 0 aliphatic carbocycles. The van der Waals surface area contributed by atoms with E-state index in [0.717, 1.165) is 0 Å². The van der Waals surface area contributed by atoms with Crippen molar-refractivity contribution >= 4 is 22.9 Å². The van der Waals surface area contributed by atoms with Crippen LogP contribution in [0.5, 0.6) is 0 Å². The first-order chi connectivity index (χ1) is 12.3. The Morgan fingerprint density at radius 2 is 1.92 bits per heavy atom. The lowest BCUT2D eigenvalue weighted by atomic mass is 10.1. The van der Waals surface area contributed by atoms with Crippen LogP contribution < -0.4 is 5.32 Å². The molecule has 136 valence electrons. The largest absolute Gasteiger partial charge is 0.460 e. The van der Waals surface area contributed by atoms with E-state index in [2.05, 4.69) is 20.4 Å². The highest BCUT2D eigenvalue weighted by Gasteiger charge is 2.24. The Morgan fingerprint density at radius 1 is 1.23 bits per heavy atom. The van der Waals surface area contributed by atoms with Gasteiger partial charge in [0.05, 0.1) is 6.61 Å². The number of ether oxygens (including phenoxy) is 1. The Labute approximate surface area is 149 Å². The lowest BCUT2D eigenvalue weighted by molar-refractivity contribution is 0.0512. The summed E-state index contributed by atoms with van der Waals surface area (Å²) in [7, 11) is 0. The smallest absolute Gasteiger partial charge is 0.376 e. The van der Waals surface area contributed by atoms with E-state index in [1.807, 2.05) is 20.8 Å². The predicted octanol–water partition coefficient (Wildman–Crippen LogP) is 3.81. The summed E-state index contributed by atoms with van der Waals surface area (Å²) in [5.41, 5.74) is 0.913. The summed E-state index contributed by atoms with van der Waals surface area (Å²) in [4.78, 5) is 20.5. The van der Waals surface area contributed by atoms with Crippen molar-refractivity contribution in [2.45, 2.75) is 33.2 Å². The highest BCUT2D eigenvalue weighted by molar-refractivity contribution is 6.00. The zero-order chi connectivity index (χ0) is 18.9. The fourth-order valence-corrected chi connectivity index (χ4v) is 2.39. The molecule has 7 nitrogen and oxygen atoms in total. The number of fused-ring (bicyclic) bond motifs is 1. The summed E-state index contributed by atoms with van der Waals surface area (Å²) in [5, 5.41) is 7.79. The molecular formula is C18H19FN4O3. The standard InChI is InChI=1S/C18H19FN4O3/c1-5-25-17(24)15-20-14(22-18(2,3)4)12-13(23-26-16(12)21-15)10-6-8-11(19)9-7-10/h6-9H,5H2,1-4H3,(H,20,21,22). The van der Waals surface area contributed by atoms with Crippen LogP contribution in [0.3, 0.4) is 0 Å². The average Bonchev–Trinajstić information content (AvgIpc) is 2.98. The number of hydrogen-bond donors (Lipinski definition) is 1. The molecular weight excluding hydrogens is 339 g/mol. The molecule has 0 radical (unpaired) electrons. The second-order valence-corrected chi connectivity index (χ2v) is 6.71. The molecule has 0 spiro atoms. The number of benzene rings is 1. The number of carbonyl (C=O) groups is 1. The molecule has 3 rings (SSSR count). The summed E-state index contributed by atoms with van der Waals surface area (Å²) in [6.45, 7) is 7.77. The van der Waals surface area contributed by atoms with Crippen molar-refractivity contribution < 1.29 is 18.4 Å². The first-order valence-electron chi connectivity index (χ1n) is 8.17. The third-order valence-corrected chi connectivity index (χ3v) is 3.41. The Hall–Kier alpha value is -3.03. The van der Waals surface area contributed by atoms with Crippen LogP contribution in [-0.2, 0) is 4.74 Å². The van der Waals surface area contributed by atoms with Gasteiger partial charge in [0.2, 0.25) is 5.82 Å². The van der Waals surface area contributed by atoms with Crippen LogP contribution in [0, 0.1) is 5.82 Å². The number of rotatable bonds is 4. The van der Waals surface area contributed by atoms with Crippen molar-refractivity contribution in [3.8, 4) is 11.3 Å². The van der Waals surface area contributed by atoms with E-state index in [4.69, 9.17) is 9.26 Å². The van der Waals surface area contributed by atoms with Crippen LogP contribution in [0.1, 0.15) is 38.3 Å². The molecule has 0 saturated carbocycles. The topological polar surface area (TPSA) is 90.1 Å². The van der Waals surface area contributed by atoms with Gasteiger partial charge >= 0.3 is 5.97 Å². The summed E-state index contributed by atoms with van der Waals surface area (Å²) in [6.07, 6.45) is 0. The molecule has 0 unspecified atom stereocenters. The van der Waals surface area contributed by atoms with Gasteiger partial charge in [0, 0.05) is 11.1 Å². The molecule has 3 aromatic rings. The molecule has 8 heteroatoms. The number of esters is 1. The number of aromatic nitrogens is 3. The van der Waals surface area contributed by atoms with Gasteiger partial charge in [0.1, 0.15) is 22.7 Å². The van der Waals surface area contributed by atoms with Gasteiger partial charge in [-0.2, -0.15) is 4.98 Å². The lowest BCUT2D eigenvalue weighted by Gasteiger charge is -2.21. The SMILES string of the molecule is CCOC(=O)c1nc(NC(C)(C)C)c2c(-c3ccc(F)cc3)noc2n1. The summed E-state index contributed by atoms with van der Waals surface area (Å²) >= 11 is 0. The molecule has 0 amide bonds. The first kappa shape index (κ1) is 17.8. The minimum atomic E-state index is -0.647. The van der Waals surface area contributed by atoms with Gasteiger partial charge in [-0.1, -0.05) is 5.16 Å². The molecule has 0 aliphatic rings. The molecule has 26 heavy (non-hydrogen) atoms. The summed E-state index contributed by atoms with van der Waals surface area (Å²) in [5.74, 6) is -0.722. The van der Waals surface area contributed by atoms with Gasteiger partial charge in [-0.3, -0.25) is 0 Å². The predicted molar refractivity (Wildman–Crippen MR) is 94.3 cm³/mol. The maximum Gasteiger partial charge on any atom is 0.376 e. The van der Waals surface area contributed by atoms with Crippen molar-refractivity contribution in [3.05, 3.63) is 35.9 Å². The van der Waals surface area contributed by atoms with Gasteiger partial charge in [-0.05, 0) is 52.0 Å². The Balaban J connectivity index is 2.20. The maximum absolute atomic E-state index is 13.2. The molecule has 0 atom stereocenters. The van der Waals surface area contributed by atoms with E-state index in [9.17, 15) is 9.18 Å². The molecule has 1 aromatic carbocycles.